The van der Waals surface area contributed by atoms with Crippen LogP contribution in [0.15, 0.2) is 127 Å². The molecule has 1 heterocycles. The molecule has 0 atom stereocenters. The summed E-state index contributed by atoms with van der Waals surface area (Å²) in [6, 6.07) is 47.6. The molecule has 7 rings (SSSR count). The number of benzene rings is 6. The molecule has 1 aromatic heterocycles. The van der Waals surface area contributed by atoms with Crippen molar-refractivity contribution in [2.75, 3.05) is 0 Å². The summed E-state index contributed by atoms with van der Waals surface area (Å²) >= 11 is 0. The second kappa shape index (κ2) is 11.1. The van der Waals surface area contributed by atoms with Gasteiger partial charge in [0.25, 0.3) is 0 Å². The highest BCUT2D eigenvalue weighted by atomic mass is 15.0. The third-order valence-electron chi connectivity index (χ3n) is 8.15. The number of nitriles is 3. The first-order valence-corrected chi connectivity index (χ1v) is 14.2. The van der Waals surface area contributed by atoms with Crippen LogP contribution in [0, 0.1) is 40.6 Å². The minimum absolute atomic E-state index is 0.409. The summed E-state index contributed by atoms with van der Waals surface area (Å²) in [5.41, 5.74) is 9.27. The van der Waals surface area contributed by atoms with Crippen LogP contribution in [0.1, 0.15) is 16.7 Å². The number of hydrogen-bond acceptors (Lipinski definition) is 3. The molecule has 0 aliphatic heterocycles. The lowest BCUT2D eigenvalue weighted by molar-refractivity contribution is 1.18. The van der Waals surface area contributed by atoms with Gasteiger partial charge >= 0.3 is 0 Å². The van der Waals surface area contributed by atoms with Gasteiger partial charge in [-0.2, -0.15) is 15.8 Å². The van der Waals surface area contributed by atoms with Gasteiger partial charge in [0.2, 0.25) is 0 Å². The molecule has 6 aromatic carbocycles. The quantitative estimate of drug-likeness (QED) is 0.197. The Labute approximate surface area is 260 Å². The number of fused-ring (bicyclic) bond motifs is 3. The van der Waals surface area contributed by atoms with E-state index in [-0.39, 0.29) is 0 Å². The molecule has 0 spiro atoms. The van der Waals surface area contributed by atoms with Crippen molar-refractivity contribution >= 4 is 27.5 Å². The second-order valence-corrected chi connectivity index (χ2v) is 10.6. The monoisotopic (exact) mass is 571 g/mol. The molecule has 0 fully saturated rings. The molecule has 45 heavy (non-hydrogen) atoms. The standard InChI is InChI=1S/C40H21N5/c1-44-35-17-7-14-31(25-43)39(35)34-16-8-18-36-40(34)33-20-19-28(38-29(23-41)12-5-13-30(38)24-42)22-37(33)45(36)32-15-6-11-27(21-32)26-9-3-2-4-10-26/h2-22H. The first-order valence-electron chi connectivity index (χ1n) is 14.2. The topological polar surface area (TPSA) is 80.7 Å². The highest BCUT2D eigenvalue weighted by molar-refractivity contribution is 6.17. The second-order valence-electron chi connectivity index (χ2n) is 10.6. The number of hydrogen-bond donors (Lipinski definition) is 0. The SMILES string of the molecule is [C-]#[N+]c1cccc(C#N)c1-c1cccc2c1c1ccc(-c3c(C#N)cccc3C#N)cc1n2-c1cccc(-c2ccccc2)c1. The van der Waals surface area contributed by atoms with Crippen LogP contribution < -0.4 is 0 Å². The molecule has 0 aliphatic rings. The Morgan fingerprint density at radius 2 is 1.18 bits per heavy atom. The Hall–Kier alpha value is -6.92. The Morgan fingerprint density at radius 3 is 1.89 bits per heavy atom. The van der Waals surface area contributed by atoms with Crippen LogP contribution in [-0.2, 0) is 0 Å². The van der Waals surface area contributed by atoms with Gasteiger partial charge in [-0.15, -0.1) is 0 Å². The summed E-state index contributed by atoms with van der Waals surface area (Å²) < 4.78 is 2.18. The molecule has 0 aliphatic carbocycles. The zero-order chi connectivity index (χ0) is 30.9. The Bertz CT molecular complexity index is 2410. The third-order valence-corrected chi connectivity index (χ3v) is 8.15. The van der Waals surface area contributed by atoms with E-state index in [1.54, 1.807) is 36.4 Å². The lowest BCUT2D eigenvalue weighted by Crippen LogP contribution is -1.95. The lowest BCUT2D eigenvalue weighted by atomic mass is 9.92. The number of rotatable bonds is 4. The van der Waals surface area contributed by atoms with Crippen LogP contribution in [0.2, 0.25) is 0 Å². The summed E-state index contributed by atoms with van der Waals surface area (Å²) in [6.07, 6.45) is 0. The van der Waals surface area contributed by atoms with Crippen molar-refractivity contribution in [3.8, 4) is 57.3 Å². The molecule has 0 unspecified atom stereocenters. The van der Waals surface area contributed by atoms with Crippen molar-refractivity contribution in [3.05, 3.63) is 156 Å². The summed E-state index contributed by atoms with van der Waals surface area (Å²) in [5, 5.41) is 31.8. The summed E-state index contributed by atoms with van der Waals surface area (Å²) in [4.78, 5) is 3.78. The maximum atomic E-state index is 10.1. The molecule has 0 bridgehead atoms. The van der Waals surface area contributed by atoms with Crippen molar-refractivity contribution in [2.24, 2.45) is 0 Å². The van der Waals surface area contributed by atoms with E-state index in [1.807, 2.05) is 60.7 Å². The molecule has 0 N–H and O–H groups in total. The van der Waals surface area contributed by atoms with Crippen LogP contribution in [-0.4, -0.2) is 4.57 Å². The average molecular weight is 572 g/mol. The molecule has 0 saturated heterocycles. The Kier molecular flexibility index (Phi) is 6.62. The van der Waals surface area contributed by atoms with Crippen LogP contribution in [0.5, 0.6) is 0 Å². The highest BCUT2D eigenvalue weighted by Crippen LogP contribution is 2.44. The van der Waals surface area contributed by atoms with Crippen molar-refractivity contribution in [1.82, 2.24) is 4.57 Å². The van der Waals surface area contributed by atoms with Gasteiger partial charge in [-0.05, 0) is 64.7 Å². The smallest absolute Gasteiger partial charge is 0.196 e. The Balaban J connectivity index is 1.62. The minimum Gasteiger partial charge on any atom is -0.309 e. The fourth-order valence-corrected chi connectivity index (χ4v) is 6.22. The summed E-state index contributed by atoms with van der Waals surface area (Å²) in [6.45, 7) is 7.88. The van der Waals surface area contributed by atoms with Gasteiger partial charge in [-0.1, -0.05) is 84.9 Å². The first kappa shape index (κ1) is 26.9. The van der Waals surface area contributed by atoms with Gasteiger partial charge in [0.15, 0.2) is 5.69 Å². The van der Waals surface area contributed by atoms with E-state index < -0.39 is 0 Å². The fraction of sp³-hybridized carbons (Fsp3) is 0. The largest absolute Gasteiger partial charge is 0.309 e. The van der Waals surface area contributed by atoms with E-state index in [4.69, 9.17) is 6.57 Å². The van der Waals surface area contributed by atoms with E-state index in [0.29, 0.717) is 33.5 Å². The summed E-state index contributed by atoms with van der Waals surface area (Å²) in [5.74, 6) is 0. The molecule has 5 nitrogen and oxygen atoms in total. The Morgan fingerprint density at radius 1 is 0.533 bits per heavy atom. The van der Waals surface area contributed by atoms with Gasteiger partial charge in [0.1, 0.15) is 0 Å². The third kappa shape index (κ3) is 4.38. The van der Waals surface area contributed by atoms with E-state index in [1.165, 1.54) is 0 Å². The molecule has 0 radical (unpaired) electrons. The molecule has 0 saturated carbocycles. The highest BCUT2D eigenvalue weighted by Gasteiger charge is 2.21. The molecular formula is C40H21N5. The molecule has 0 amide bonds. The maximum Gasteiger partial charge on any atom is 0.196 e. The molecule has 206 valence electrons. The molecule has 5 heteroatoms. The fourth-order valence-electron chi connectivity index (χ4n) is 6.22. The molecular weight excluding hydrogens is 550 g/mol. The lowest BCUT2D eigenvalue weighted by Gasteiger charge is -2.12. The predicted molar refractivity (Wildman–Crippen MR) is 177 cm³/mol. The number of nitrogens with zero attached hydrogens (tertiary/aromatic N) is 5. The molecule has 7 aromatic rings. The van der Waals surface area contributed by atoms with Crippen molar-refractivity contribution < 1.29 is 0 Å². The summed E-state index contributed by atoms with van der Waals surface area (Å²) in [7, 11) is 0. The van der Waals surface area contributed by atoms with Gasteiger partial charge in [-0.3, -0.25) is 0 Å². The normalized spacial score (nSPS) is 10.6. The maximum absolute atomic E-state index is 10.1. The van der Waals surface area contributed by atoms with E-state index in [9.17, 15) is 15.8 Å². The minimum atomic E-state index is 0.409. The van der Waals surface area contributed by atoms with Crippen molar-refractivity contribution in [2.45, 2.75) is 0 Å². The van der Waals surface area contributed by atoms with Crippen molar-refractivity contribution in [3.63, 3.8) is 0 Å². The average Bonchev–Trinajstić information content (AvgIpc) is 3.45. The van der Waals surface area contributed by atoms with E-state index in [2.05, 4.69) is 58.0 Å². The van der Waals surface area contributed by atoms with Gasteiger partial charge in [0, 0.05) is 33.2 Å². The van der Waals surface area contributed by atoms with Crippen LogP contribution in [0.25, 0.3) is 65.7 Å². The zero-order valence-electron chi connectivity index (χ0n) is 23.9. The van der Waals surface area contributed by atoms with Crippen LogP contribution >= 0.6 is 0 Å². The van der Waals surface area contributed by atoms with Gasteiger partial charge < -0.3 is 4.57 Å². The van der Waals surface area contributed by atoms with Crippen LogP contribution in [0.3, 0.4) is 0 Å². The van der Waals surface area contributed by atoms with E-state index >= 15 is 0 Å². The number of aromatic nitrogens is 1. The van der Waals surface area contributed by atoms with Crippen molar-refractivity contribution in [1.29, 1.82) is 15.8 Å². The predicted octanol–water partition coefficient (Wildman–Crippen LogP) is 9.95. The van der Waals surface area contributed by atoms with E-state index in [0.717, 1.165) is 49.7 Å². The van der Waals surface area contributed by atoms with Gasteiger partial charge in [0.05, 0.1) is 46.9 Å². The first-order chi connectivity index (χ1) is 22.2. The zero-order valence-corrected chi connectivity index (χ0v) is 23.9. The van der Waals surface area contributed by atoms with Gasteiger partial charge in [-0.25, -0.2) is 4.85 Å². The van der Waals surface area contributed by atoms with Crippen LogP contribution in [0.4, 0.5) is 5.69 Å².